The Morgan fingerprint density at radius 2 is 2.00 bits per heavy atom. The van der Waals surface area contributed by atoms with Crippen molar-refractivity contribution in [2.75, 3.05) is 13.6 Å². The number of hydrogen-bond acceptors (Lipinski definition) is 4. The summed E-state index contributed by atoms with van der Waals surface area (Å²) in [7, 11) is 1.86. The lowest BCUT2D eigenvalue weighted by Gasteiger charge is -2.21. The van der Waals surface area contributed by atoms with E-state index in [2.05, 4.69) is 35.1 Å². The fourth-order valence-electron chi connectivity index (χ4n) is 3.12. The van der Waals surface area contributed by atoms with Crippen LogP contribution in [0, 0.1) is 0 Å². The van der Waals surface area contributed by atoms with Gasteiger partial charge in [0.2, 0.25) is 5.91 Å². The molecule has 23 heavy (non-hydrogen) atoms. The quantitative estimate of drug-likeness (QED) is 0.739. The van der Waals surface area contributed by atoms with Gasteiger partial charge in [-0.3, -0.25) is 15.6 Å². The number of likely N-dealkylation sites (N-methyl/N-ethyl adjacent to an activating group) is 1. The van der Waals surface area contributed by atoms with E-state index in [9.17, 15) is 4.79 Å². The van der Waals surface area contributed by atoms with Gasteiger partial charge in [0.15, 0.2) is 0 Å². The molecular formula is C17H27ClN4O. The molecule has 1 aliphatic heterocycles. The molecule has 4 N–H and O–H groups in total. The second-order valence-corrected chi connectivity index (χ2v) is 6.71. The SMILES string of the molecule is CN(CCCC1CC(c2ccccc2)NN1)C(=O)C1(N)CC1.Cl. The van der Waals surface area contributed by atoms with Gasteiger partial charge in [-0.2, -0.15) is 0 Å². The number of carbonyl (C=O) groups excluding carboxylic acids is 1. The fraction of sp³-hybridized carbons (Fsp3) is 0.588. The summed E-state index contributed by atoms with van der Waals surface area (Å²) < 4.78 is 0. The molecule has 6 heteroatoms. The summed E-state index contributed by atoms with van der Waals surface area (Å²) in [4.78, 5) is 13.9. The molecular weight excluding hydrogens is 312 g/mol. The standard InChI is InChI=1S/C17H26N4O.ClH/c1-21(16(22)17(18)9-10-17)11-5-8-14-12-15(20-19-14)13-6-3-2-4-7-13;/h2-4,6-7,14-15,19-20H,5,8-12,18H2,1H3;1H. The van der Waals surface area contributed by atoms with E-state index in [1.54, 1.807) is 4.90 Å². The summed E-state index contributed by atoms with van der Waals surface area (Å²) in [6.45, 7) is 0.784. The third-order valence-electron chi connectivity index (χ3n) is 4.79. The molecule has 2 aliphatic rings. The number of nitrogens with zero attached hydrogens (tertiary/aromatic N) is 1. The van der Waals surface area contributed by atoms with Crippen LogP contribution in [0.25, 0.3) is 0 Å². The van der Waals surface area contributed by atoms with E-state index in [-0.39, 0.29) is 18.3 Å². The lowest BCUT2D eigenvalue weighted by molar-refractivity contribution is -0.132. The van der Waals surface area contributed by atoms with Crippen molar-refractivity contribution in [3.05, 3.63) is 35.9 Å². The van der Waals surface area contributed by atoms with E-state index in [4.69, 9.17) is 5.73 Å². The molecule has 2 unspecified atom stereocenters. The Hall–Kier alpha value is -1.14. The summed E-state index contributed by atoms with van der Waals surface area (Å²) in [5, 5.41) is 0. The first kappa shape index (κ1) is 18.2. The number of hydrazine groups is 1. The Morgan fingerprint density at radius 3 is 2.65 bits per heavy atom. The van der Waals surface area contributed by atoms with Gasteiger partial charge in [-0.05, 0) is 37.7 Å². The van der Waals surface area contributed by atoms with E-state index >= 15 is 0 Å². The summed E-state index contributed by atoms with van der Waals surface area (Å²) in [5.41, 5.74) is 13.5. The van der Waals surface area contributed by atoms with Crippen molar-refractivity contribution in [2.45, 2.75) is 49.7 Å². The second kappa shape index (κ2) is 7.62. The zero-order chi connectivity index (χ0) is 15.6. The average molecular weight is 339 g/mol. The molecule has 0 bridgehead atoms. The van der Waals surface area contributed by atoms with Crippen LogP contribution in [0.2, 0.25) is 0 Å². The lowest BCUT2D eigenvalue weighted by atomic mass is 10.00. The Bertz CT molecular complexity index is 521. The van der Waals surface area contributed by atoms with Crippen LogP contribution >= 0.6 is 12.4 Å². The molecule has 1 heterocycles. The Balaban J connectivity index is 0.00000192. The van der Waals surface area contributed by atoms with Crippen molar-refractivity contribution < 1.29 is 4.79 Å². The molecule has 0 spiro atoms. The minimum atomic E-state index is -0.541. The number of benzene rings is 1. The molecule has 0 radical (unpaired) electrons. The van der Waals surface area contributed by atoms with Gasteiger partial charge in [0.1, 0.15) is 0 Å². The predicted octanol–water partition coefficient (Wildman–Crippen LogP) is 1.75. The summed E-state index contributed by atoms with van der Waals surface area (Å²) >= 11 is 0. The maximum atomic E-state index is 12.1. The number of nitrogens with two attached hydrogens (primary N) is 1. The van der Waals surface area contributed by atoms with Crippen molar-refractivity contribution >= 4 is 18.3 Å². The first-order valence-electron chi connectivity index (χ1n) is 8.19. The van der Waals surface area contributed by atoms with Crippen molar-refractivity contribution in [3.63, 3.8) is 0 Å². The van der Waals surface area contributed by atoms with Crippen LogP contribution < -0.4 is 16.6 Å². The zero-order valence-electron chi connectivity index (χ0n) is 13.6. The van der Waals surface area contributed by atoms with Crippen molar-refractivity contribution in [2.24, 2.45) is 5.73 Å². The molecule has 1 aliphatic carbocycles. The number of amides is 1. The fourth-order valence-corrected chi connectivity index (χ4v) is 3.12. The third-order valence-corrected chi connectivity index (χ3v) is 4.79. The topological polar surface area (TPSA) is 70.4 Å². The van der Waals surface area contributed by atoms with Crippen LogP contribution in [-0.4, -0.2) is 36.0 Å². The zero-order valence-corrected chi connectivity index (χ0v) is 14.4. The molecule has 1 saturated heterocycles. The van der Waals surface area contributed by atoms with Crippen molar-refractivity contribution in [1.29, 1.82) is 0 Å². The molecule has 1 aromatic carbocycles. The van der Waals surface area contributed by atoms with Crippen LogP contribution in [0.1, 0.15) is 43.7 Å². The van der Waals surface area contributed by atoms with E-state index < -0.39 is 5.54 Å². The molecule has 2 atom stereocenters. The number of rotatable bonds is 6. The first-order chi connectivity index (χ1) is 10.6. The number of hydrogen-bond donors (Lipinski definition) is 3. The van der Waals surface area contributed by atoms with Gasteiger partial charge in [-0.15, -0.1) is 12.4 Å². The Labute approximate surface area is 144 Å². The van der Waals surface area contributed by atoms with Crippen LogP contribution in [0.5, 0.6) is 0 Å². The molecule has 128 valence electrons. The van der Waals surface area contributed by atoms with Gasteiger partial charge < -0.3 is 10.6 Å². The van der Waals surface area contributed by atoms with E-state index in [0.29, 0.717) is 12.1 Å². The maximum absolute atomic E-state index is 12.1. The number of halogens is 1. The second-order valence-electron chi connectivity index (χ2n) is 6.71. The molecule has 5 nitrogen and oxygen atoms in total. The monoisotopic (exact) mass is 338 g/mol. The minimum Gasteiger partial charge on any atom is -0.344 e. The summed E-state index contributed by atoms with van der Waals surface area (Å²) in [6.07, 6.45) is 4.82. The van der Waals surface area contributed by atoms with Gasteiger partial charge in [-0.1, -0.05) is 30.3 Å². The smallest absolute Gasteiger partial charge is 0.242 e. The van der Waals surface area contributed by atoms with Gasteiger partial charge in [-0.25, -0.2) is 0 Å². The van der Waals surface area contributed by atoms with Gasteiger partial charge in [0, 0.05) is 25.7 Å². The molecule has 2 fully saturated rings. The highest BCUT2D eigenvalue weighted by Gasteiger charge is 2.47. The number of nitrogens with one attached hydrogen (secondary N) is 2. The molecule has 1 amide bonds. The largest absolute Gasteiger partial charge is 0.344 e. The molecule has 1 aromatic rings. The minimum absolute atomic E-state index is 0. The van der Waals surface area contributed by atoms with E-state index in [0.717, 1.165) is 38.6 Å². The van der Waals surface area contributed by atoms with E-state index in [1.807, 2.05) is 13.1 Å². The average Bonchev–Trinajstić information content (AvgIpc) is 3.12. The van der Waals surface area contributed by atoms with E-state index in [1.165, 1.54) is 5.56 Å². The predicted molar refractivity (Wildman–Crippen MR) is 94.1 cm³/mol. The molecule has 3 rings (SSSR count). The third kappa shape index (κ3) is 4.44. The van der Waals surface area contributed by atoms with Gasteiger partial charge in [0.25, 0.3) is 0 Å². The highest BCUT2D eigenvalue weighted by atomic mass is 35.5. The normalized spacial score (nSPS) is 24.8. The van der Waals surface area contributed by atoms with Crippen molar-refractivity contribution in [1.82, 2.24) is 15.8 Å². The van der Waals surface area contributed by atoms with Crippen molar-refractivity contribution in [3.8, 4) is 0 Å². The highest BCUT2D eigenvalue weighted by molar-refractivity contribution is 5.88. The van der Waals surface area contributed by atoms with Crippen LogP contribution in [0.4, 0.5) is 0 Å². The summed E-state index contributed by atoms with van der Waals surface area (Å²) in [6, 6.07) is 11.3. The van der Waals surface area contributed by atoms with Crippen LogP contribution in [0.3, 0.4) is 0 Å². The van der Waals surface area contributed by atoms with Gasteiger partial charge >= 0.3 is 0 Å². The Morgan fingerprint density at radius 1 is 1.30 bits per heavy atom. The van der Waals surface area contributed by atoms with Gasteiger partial charge in [0.05, 0.1) is 5.54 Å². The highest BCUT2D eigenvalue weighted by Crippen LogP contribution is 2.33. The number of carbonyl (C=O) groups is 1. The van der Waals surface area contributed by atoms with Crippen LogP contribution in [0.15, 0.2) is 30.3 Å². The van der Waals surface area contributed by atoms with Crippen LogP contribution in [-0.2, 0) is 4.79 Å². The first-order valence-corrected chi connectivity index (χ1v) is 8.19. The Kier molecular flexibility index (Phi) is 6.03. The molecule has 0 aromatic heterocycles. The summed E-state index contributed by atoms with van der Waals surface area (Å²) in [5.74, 6) is 0.104. The molecule has 1 saturated carbocycles. The lowest BCUT2D eigenvalue weighted by Crippen LogP contribution is -2.44. The maximum Gasteiger partial charge on any atom is 0.242 e.